The summed E-state index contributed by atoms with van der Waals surface area (Å²) in [5.41, 5.74) is 0.373. The smallest absolute Gasteiger partial charge is 0.208 e. The van der Waals surface area contributed by atoms with Crippen LogP contribution in [-0.2, 0) is 6.61 Å². The van der Waals surface area contributed by atoms with Crippen LogP contribution in [0.1, 0.15) is 5.56 Å². The summed E-state index contributed by atoms with van der Waals surface area (Å²) in [4.78, 5) is 0. The number of ether oxygens (including phenoxy) is 2. The molecule has 0 radical (unpaired) electrons. The third kappa shape index (κ3) is 1.83. The minimum atomic E-state index is -0.617. The van der Waals surface area contributed by atoms with Crippen LogP contribution < -0.4 is 9.47 Å². The predicted octanol–water partition coefficient (Wildman–Crippen LogP) is 2.10. The number of aliphatic hydroxyl groups is 1. The number of methoxy groups -OCH3 is 2. The Labute approximate surface area is 89.6 Å². The van der Waals surface area contributed by atoms with Gasteiger partial charge in [-0.1, -0.05) is 0 Å². The highest BCUT2D eigenvalue weighted by molar-refractivity contribution is 9.10. The fourth-order valence-corrected chi connectivity index (χ4v) is 1.77. The highest BCUT2D eigenvalue weighted by Crippen LogP contribution is 2.36. The first-order chi connectivity index (χ1) is 6.65. The van der Waals surface area contributed by atoms with Gasteiger partial charge in [-0.3, -0.25) is 0 Å². The van der Waals surface area contributed by atoms with Crippen LogP contribution in [0, 0.1) is 5.82 Å². The van der Waals surface area contributed by atoms with Crippen molar-refractivity contribution in [2.24, 2.45) is 0 Å². The second-order valence-corrected chi connectivity index (χ2v) is 3.41. The Bertz CT molecular complexity index is 341. The minimum Gasteiger partial charge on any atom is -0.493 e. The SMILES string of the molecule is COc1c(Br)cc(CO)c(OC)c1F. The second kappa shape index (κ2) is 4.61. The van der Waals surface area contributed by atoms with Gasteiger partial charge in [0.25, 0.3) is 0 Å². The van der Waals surface area contributed by atoms with Crippen molar-refractivity contribution < 1.29 is 19.0 Å². The number of benzene rings is 1. The summed E-state index contributed by atoms with van der Waals surface area (Å²) in [5.74, 6) is -0.542. The highest BCUT2D eigenvalue weighted by Gasteiger charge is 2.17. The summed E-state index contributed by atoms with van der Waals surface area (Å²) >= 11 is 3.13. The average molecular weight is 265 g/mol. The highest BCUT2D eigenvalue weighted by atomic mass is 79.9. The molecule has 0 saturated heterocycles. The van der Waals surface area contributed by atoms with Crippen molar-refractivity contribution in [2.75, 3.05) is 14.2 Å². The molecule has 0 unspecified atom stereocenters. The molecule has 0 fully saturated rings. The summed E-state index contributed by atoms with van der Waals surface area (Å²) in [7, 11) is 2.70. The molecule has 3 nitrogen and oxygen atoms in total. The Balaban J connectivity index is 3.39. The van der Waals surface area contributed by atoms with Gasteiger partial charge in [0.15, 0.2) is 11.5 Å². The van der Waals surface area contributed by atoms with Crippen LogP contribution in [0.2, 0.25) is 0 Å². The summed E-state index contributed by atoms with van der Waals surface area (Å²) in [6.45, 7) is -0.289. The zero-order chi connectivity index (χ0) is 10.7. The molecular formula is C9H10BrFO3. The lowest BCUT2D eigenvalue weighted by atomic mass is 10.2. The van der Waals surface area contributed by atoms with Gasteiger partial charge in [0.1, 0.15) is 0 Å². The zero-order valence-electron chi connectivity index (χ0n) is 7.80. The van der Waals surface area contributed by atoms with Crippen LogP contribution in [0.5, 0.6) is 11.5 Å². The lowest BCUT2D eigenvalue weighted by Gasteiger charge is -2.12. The second-order valence-electron chi connectivity index (χ2n) is 2.56. The standard InChI is InChI=1S/C9H10BrFO3/c1-13-8-5(4-12)3-6(10)9(14-2)7(8)11/h3,12H,4H2,1-2H3. The van der Waals surface area contributed by atoms with Crippen LogP contribution in [-0.4, -0.2) is 19.3 Å². The van der Waals surface area contributed by atoms with Crippen molar-refractivity contribution in [3.05, 3.63) is 21.9 Å². The van der Waals surface area contributed by atoms with Gasteiger partial charge < -0.3 is 14.6 Å². The first-order valence-corrected chi connectivity index (χ1v) is 4.64. The van der Waals surface area contributed by atoms with E-state index in [-0.39, 0.29) is 18.1 Å². The van der Waals surface area contributed by atoms with E-state index in [0.29, 0.717) is 10.0 Å². The van der Waals surface area contributed by atoms with Crippen LogP contribution in [0.25, 0.3) is 0 Å². The zero-order valence-corrected chi connectivity index (χ0v) is 9.39. The number of rotatable bonds is 3. The van der Waals surface area contributed by atoms with Gasteiger partial charge in [-0.05, 0) is 22.0 Å². The first-order valence-electron chi connectivity index (χ1n) is 3.85. The van der Waals surface area contributed by atoms with Crippen molar-refractivity contribution in [3.63, 3.8) is 0 Å². The lowest BCUT2D eigenvalue weighted by Crippen LogP contribution is -1.99. The van der Waals surface area contributed by atoms with Gasteiger partial charge in [-0.25, -0.2) is 0 Å². The van der Waals surface area contributed by atoms with Gasteiger partial charge in [0.05, 0.1) is 25.3 Å². The molecule has 1 aromatic carbocycles. The third-order valence-electron chi connectivity index (χ3n) is 1.79. The lowest BCUT2D eigenvalue weighted by molar-refractivity contribution is 0.268. The van der Waals surface area contributed by atoms with Crippen molar-refractivity contribution in [1.82, 2.24) is 0 Å². The van der Waals surface area contributed by atoms with Gasteiger partial charge in [0, 0.05) is 5.56 Å². The Kier molecular flexibility index (Phi) is 3.71. The van der Waals surface area contributed by atoms with E-state index in [1.165, 1.54) is 14.2 Å². The quantitative estimate of drug-likeness (QED) is 0.909. The minimum absolute atomic E-state index is 0.00699. The molecule has 78 valence electrons. The van der Waals surface area contributed by atoms with E-state index in [9.17, 15) is 4.39 Å². The van der Waals surface area contributed by atoms with Gasteiger partial charge in [0.2, 0.25) is 5.82 Å². The molecule has 0 bridgehead atoms. The third-order valence-corrected chi connectivity index (χ3v) is 2.38. The molecule has 5 heteroatoms. The molecule has 0 spiro atoms. The topological polar surface area (TPSA) is 38.7 Å². The van der Waals surface area contributed by atoms with Crippen molar-refractivity contribution in [3.8, 4) is 11.5 Å². The maximum absolute atomic E-state index is 13.6. The van der Waals surface area contributed by atoms with E-state index in [2.05, 4.69) is 15.9 Å². The molecule has 0 amide bonds. The molecular weight excluding hydrogens is 255 g/mol. The van der Waals surface area contributed by atoms with E-state index in [4.69, 9.17) is 14.6 Å². The maximum atomic E-state index is 13.6. The molecule has 1 N–H and O–H groups in total. The summed E-state index contributed by atoms with van der Waals surface area (Å²) in [6.07, 6.45) is 0. The summed E-state index contributed by atoms with van der Waals surface area (Å²) in [6, 6.07) is 1.56. The van der Waals surface area contributed by atoms with Crippen LogP contribution in [0.4, 0.5) is 4.39 Å². The molecule has 0 aromatic heterocycles. The fraction of sp³-hybridized carbons (Fsp3) is 0.333. The average Bonchev–Trinajstić information content (AvgIpc) is 2.17. The van der Waals surface area contributed by atoms with E-state index >= 15 is 0 Å². The molecule has 0 aliphatic rings. The summed E-state index contributed by atoms with van der Waals surface area (Å²) < 4.78 is 23.7. The van der Waals surface area contributed by atoms with E-state index in [1.807, 2.05) is 0 Å². The molecule has 0 saturated carbocycles. The molecule has 1 aromatic rings. The number of hydrogen-bond acceptors (Lipinski definition) is 3. The van der Waals surface area contributed by atoms with E-state index < -0.39 is 5.82 Å². The molecule has 0 aliphatic heterocycles. The van der Waals surface area contributed by atoms with E-state index in [0.717, 1.165) is 0 Å². The van der Waals surface area contributed by atoms with Gasteiger partial charge in [-0.2, -0.15) is 4.39 Å². The normalized spacial score (nSPS) is 10.1. The number of halogens is 2. The Morgan fingerprint density at radius 2 is 1.93 bits per heavy atom. The Hall–Kier alpha value is -0.810. The van der Waals surface area contributed by atoms with E-state index in [1.54, 1.807) is 6.07 Å². The van der Waals surface area contributed by atoms with Crippen LogP contribution in [0.15, 0.2) is 10.5 Å². The van der Waals surface area contributed by atoms with Crippen LogP contribution >= 0.6 is 15.9 Å². The van der Waals surface area contributed by atoms with Crippen molar-refractivity contribution in [1.29, 1.82) is 0 Å². The van der Waals surface area contributed by atoms with Gasteiger partial charge >= 0.3 is 0 Å². The maximum Gasteiger partial charge on any atom is 0.208 e. The van der Waals surface area contributed by atoms with Crippen molar-refractivity contribution in [2.45, 2.75) is 6.61 Å². The predicted molar refractivity (Wildman–Crippen MR) is 53.1 cm³/mol. The van der Waals surface area contributed by atoms with Gasteiger partial charge in [-0.15, -0.1) is 0 Å². The first kappa shape index (κ1) is 11.3. The number of aliphatic hydroxyl groups excluding tert-OH is 1. The monoisotopic (exact) mass is 264 g/mol. The Morgan fingerprint density at radius 1 is 1.36 bits per heavy atom. The fourth-order valence-electron chi connectivity index (χ4n) is 1.16. The molecule has 0 heterocycles. The Morgan fingerprint density at radius 3 is 2.36 bits per heavy atom. The molecule has 0 aliphatic carbocycles. The molecule has 0 atom stereocenters. The van der Waals surface area contributed by atoms with Crippen molar-refractivity contribution >= 4 is 15.9 Å². The molecule has 14 heavy (non-hydrogen) atoms. The summed E-state index contributed by atoms with van der Waals surface area (Å²) in [5, 5.41) is 8.95. The number of hydrogen-bond donors (Lipinski definition) is 1. The molecule has 1 rings (SSSR count). The largest absolute Gasteiger partial charge is 0.493 e. The van der Waals surface area contributed by atoms with Crippen LogP contribution in [0.3, 0.4) is 0 Å².